The van der Waals surface area contributed by atoms with E-state index in [0.717, 1.165) is 0 Å². The summed E-state index contributed by atoms with van der Waals surface area (Å²) in [4.78, 5) is 22.9. The Labute approximate surface area is 157 Å². The first-order valence-corrected chi connectivity index (χ1v) is 9.72. The summed E-state index contributed by atoms with van der Waals surface area (Å²) in [5.74, 6) is -1.07. The van der Waals surface area contributed by atoms with Crippen molar-refractivity contribution < 1.29 is 22.9 Å². The van der Waals surface area contributed by atoms with E-state index in [2.05, 4.69) is 0 Å². The highest BCUT2D eigenvalue weighted by Gasteiger charge is 2.24. The number of benzene rings is 2. The van der Waals surface area contributed by atoms with Gasteiger partial charge in [0.05, 0.1) is 15.4 Å². The lowest BCUT2D eigenvalue weighted by molar-refractivity contribution is -0.385. The summed E-state index contributed by atoms with van der Waals surface area (Å²) in [5.41, 5.74) is 0.321. The minimum absolute atomic E-state index is 0.0148. The smallest absolute Gasteiger partial charge is 0.343 e. The van der Waals surface area contributed by atoms with Gasteiger partial charge >= 0.3 is 11.7 Å². The van der Waals surface area contributed by atoms with E-state index in [4.69, 9.17) is 4.74 Å². The minimum atomic E-state index is -3.74. The van der Waals surface area contributed by atoms with Crippen molar-refractivity contribution in [2.75, 3.05) is 13.1 Å². The highest BCUT2D eigenvalue weighted by Crippen LogP contribution is 2.28. The van der Waals surface area contributed by atoms with Crippen molar-refractivity contribution in [2.45, 2.75) is 25.7 Å². The first-order chi connectivity index (χ1) is 12.7. The normalized spacial score (nSPS) is 11.4. The molecule has 0 aromatic heterocycles. The van der Waals surface area contributed by atoms with Crippen LogP contribution in [0.2, 0.25) is 0 Å². The van der Waals surface area contributed by atoms with E-state index < -0.39 is 20.9 Å². The van der Waals surface area contributed by atoms with Crippen molar-refractivity contribution in [3.63, 3.8) is 0 Å². The lowest BCUT2D eigenvalue weighted by atomic mass is 10.2. The Hall–Kier alpha value is -2.78. The topological polar surface area (TPSA) is 107 Å². The lowest BCUT2D eigenvalue weighted by Crippen LogP contribution is -2.30. The van der Waals surface area contributed by atoms with Gasteiger partial charge in [-0.25, -0.2) is 13.2 Å². The monoisotopic (exact) mass is 392 g/mol. The number of esters is 1. The molecule has 2 aromatic carbocycles. The number of carbonyl (C=O) groups excluding carboxylic acids is 1. The molecule has 0 spiro atoms. The molecule has 0 bridgehead atoms. The first-order valence-electron chi connectivity index (χ1n) is 8.28. The van der Waals surface area contributed by atoms with Crippen molar-refractivity contribution in [2.24, 2.45) is 0 Å². The number of nitro benzene ring substituents is 1. The van der Waals surface area contributed by atoms with Gasteiger partial charge in [0.2, 0.25) is 15.8 Å². The van der Waals surface area contributed by atoms with Crippen LogP contribution >= 0.6 is 0 Å². The number of hydrogen-bond donors (Lipinski definition) is 0. The molecule has 27 heavy (non-hydrogen) atoms. The van der Waals surface area contributed by atoms with Crippen molar-refractivity contribution in [1.29, 1.82) is 0 Å². The fourth-order valence-electron chi connectivity index (χ4n) is 2.51. The number of carbonyl (C=O) groups is 1. The van der Waals surface area contributed by atoms with Crippen molar-refractivity contribution in [3.05, 3.63) is 63.7 Å². The second-order valence-corrected chi connectivity index (χ2v) is 7.67. The predicted octanol–water partition coefficient (Wildman–Crippen LogP) is 3.15. The number of aryl methyl sites for hydroxylation is 1. The van der Waals surface area contributed by atoms with E-state index in [0.29, 0.717) is 18.7 Å². The summed E-state index contributed by atoms with van der Waals surface area (Å²) in [6, 6.07) is 9.58. The third-order valence-electron chi connectivity index (χ3n) is 3.93. The Balaban J connectivity index is 2.37. The molecule has 144 valence electrons. The van der Waals surface area contributed by atoms with Crippen LogP contribution in [0.3, 0.4) is 0 Å². The molecule has 2 rings (SSSR count). The molecule has 0 unspecified atom stereocenters. The quantitative estimate of drug-likeness (QED) is 0.310. The standard InChI is InChI=1S/C18H20N2O6S/c1-4-19(5-2)27(24,25)15-8-6-7-14(12-15)18(21)26-17-11-13(3)9-10-16(17)20(22)23/h6-12H,4-5H2,1-3H3. The van der Waals surface area contributed by atoms with Crippen LogP contribution in [0.4, 0.5) is 5.69 Å². The molecule has 2 aromatic rings. The number of ether oxygens (including phenoxy) is 1. The number of nitro groups is 1. The number of sulfonamides is 1. The van der Waals surface area contributed by atoms with Crippen LogP contribution in [0.25, 0.3) is 0 Å². The zero-order valence-electron chi connectivity index (χ0n) is 15.2. The summed E-state index contributed by atoms with van der Waals surface area (Å²) in [7, 11) is -3.74. The molecule has 9 heteroatoms. The maximum Gasteiger partial charge on any atom is 0.343 e. The van der Waals surface area contributed by atoms with Crippen LogP contribution in [0, 0.1) is 17.0 Å². The molecule has 0 aliphatic rings. The molecule has 0 saturated heterocycles. The van der Waals surface area contributed by atoms with Crippen LogP contribution in [0.5, 0.6) is 5.75 Å². The van der Waals surface area contributed by atoms with Gasteiger partial charge in [-0.1, -0.05) is 26.0 Å². The van der Waals surface area contributed by atoms with Gasteiger partial charge in [-0.05, 0) is 36.8 Å². The summed E-state index contributed by atoms with van der Waals surface area (Å²) < 4.78 is 31.6. The lowest BCUT2D eigenvalue weighted by Gasteiger charge is -2.18. The fourth-order valence-corrected chi connectivity index (χ4v) is 4.01. The average molecular weight is 392 g/mol. The summed E-state index contributed by atoms with van der Waals surface area (Å²) in [6.07, 6.45) is 0. The fraction of sp³-hybridized carbons (Fsp3) is 0.278. The average Bonchev–Trinajstić information content (AvgIpc) is 2.62. The maximum absolute atomic E-state index is 12.6. The molecule has 8 nitrogen and oxygen atoms in total. The van der Waals surface area contributed by atoms with E-state index in [-0.39, 0.29) is 21.9 Å². The van der Waals surface area contributed by atoms with Gasteiger partial charge in [0.15, 0.2) is 0 Å². The molecular weight excluding hydrogens is 372 g/mol. The summed E-state index contributed by atoms with van der Waals surface area (Å²) in [6.45, 7) is 5.73. The van der Waals surface area contributed by atoms with Gasteiger partial charge in [0.25, 0.3) is 0 Å². The van der Waals surface area contributed by atoms with Gasteiger partial charge in [0, 0.05) is 19.2 Å². The van der Waals surface area contributed by atoms with Crippen LogP contribution in [-0.2, 0) is 10.0 Å². The van der Waals surface area contributed by atoms with E-state index in [1.165, 1.54) is 46.8 Å². The van der Waals surface area contributed by atoms with Gasteiger partial charge in [-0.3, -0.25) is 10.1 Å². The molecule has 0 atom stereocenters. The molecular formula is C18H20N2O6S. The second kappa shape index (κ2) is 8.28. The van der Waals surface area contributed by atoms with Crippen LogP contribution in [-0.4, -0.2) is 36.7 Å². The van der Waals surface area contributed by atoms with E-state index in [1.54, 1.807) is 20.8 Å². The predicted molar refractivity (Wildman–Crippen MR) is 99.3 cm³/mol. The van der Waals surface area contributed by atoms with Crippen molar-refractivity contribution >= 4 is 21.7 Å². The molecule has 0 amide bonds. The zero-order chi connectivity index (χ0) is 20.2. The Morgan fingerprint density at radius 1 is 1.15 bits per heavy atom. The van der Waals surface area contributed by atoms with E-state index in [1.807, 2.05) is 0 Å². The van der Waals surface area contributed by atoms with Crippen molar-refractivity contribution in [3.8, 4) is 5.75 Å². The molecule has 0 N–H and O–H groups in total. The van der Waals surface area contributed by atoms with Crippen LogP contribution < -0.4 is 4.74 Å². The molecule has 0 aliphatic heterocycles. The summed E-state index contributed by atoms with van der Waals surface area (Å²) in [5, 5.41) is 11.1. The van der Waals surface area contributed by atoms with Crippen LogP contribution in [0.1, 0.15) is 29.8 Å². The molecule has 0 fully saturated rings. The Kier molecular flexibility index (Phi) is 6.29. The molecule has 0 heterocycles. The Bertz CT molecular complexity index is 968. The summed E-state index contributed by atoms with van der Waals surface area (Å²) >= 11 is 0. The van der Waals surface area contributed by atoms with E-state index in [9.17, 15) is 23.3 Å². The largest absolute Gasteiger partial charge is 0.416 e. The third kappa shape index (κ3) is 4.50. The maximum atomic E-state index is 12.6. The molecule has 0 radical (unpaired) electrons. The van der Waals surface area contributed by atoms with Crippen LogP contribution in [0.15, 0.2) is 47.4 Å². The van der Waals surface area contributed by atoms with Gasteiger partial charge in [-0.2, -0.15) is 4.31 Å². The second-order valence-electron chi connectivity index (χ2n) is 5.73. The Morgan fingerprint density at radius 3 is 2.41 bits per heavy atom. The van der Waals surface area contributed by atoms with Crippen molar-refractivity contribution in [1.82, 2.24) is 4.31 Å². The SMILES string of the molecule is CCN(CC)S(=O)(=O)c1cccc(C(=O)Oc2cc(C)ccc2[N+](=O)[O-])c1. The zero-order valence-corrected chi connectivity index (χ0v) is 16.0. The molecule has 0 saturated carbocycles. The van der Waals surface area contributed by atoms with Gasteiger partial charge < -0.3 is 4.74 Å². The highest BCUT2D eigenvalue weighted by molar-refractivity contribution is 7.89. The Morgan fingerprint density at radius 2 is 1.81 bits per heavy atom. The number of nitrogens with zero attached hydrogens (tertiary/aromatic N) is 2. The van der Waals surface area contributed by atoms with Gasteiger partial charge in [0.1, 0.15) is 0 Å². The first kappa shape index (κ1) is 20.5. The highest BCUT2D eigenvalue weighted by atomic mass is 32.2. The van der Waals surface area contributed by atoms with Gasteiger partial charge in [-0.15, -0.1) is 0 Å². The minimum Gasteiger partial charge on any atom is -0.416 e. The third-order valence-corrected chi connectivity index (χ3v) is 5.97. The number of rotatable bonds is 7. The molecule has 0 aliphatic carbocycles. The number of hydrogen-bond acceptors (Lipinski definition) is 6. The van der Waals surface area contributed by atoms with E-state index >= 15 is 0 Å².